The van der Waals surface area contributed by atoms with Crippen LogP contribution in [0.5, 0.6) is 5.75 Å². The zero-order chi connectivity index (χ0) is 43.8. The monoisotopic (exact) mass is 964 g/mol. The first-order chi connectivity index (χ1) is 28.5. The first-order valence-corrected chi connectivity index (χ1v) is 20.2. The van der Waals surface area contributed by atoms with Gasteiger partial charge in [-0.3, -0.25) is 38.8 Å². The minimum Gasteiger partial charge on any atom is -0.506 e. The molecule has 0 saturated carbocycles. The molecule has 324 valence electrons. The molecule has 3 aliphatic heterocycles. The van der Waals surface area contributed by atoms with Gasteiger partial charge in [-0.15, -0.1) is 0 Å². The van der Waals surface area contributed by atoms with Crippen molar-refractivity contribution in [3.8, 4) is 5.75 Å². The fourth-order valence-corrected chi connectivity index (χ4v) is 7.98. The highest BCUT2D eigenvalue weighted by molar-refractivity contribution is 9.11. The maximum Gasteiger partial charge on any atom is 0.246 e. The number of nitrogens with zero attached hydrogens (tertiary/aromatic N) is 2. The summed E-state index contributed by atoms with van der Waals surface area (Å²) in [5.41, 5.74) is 12.5. The standard InChI is InChI=1S/C36H46Br2N12O10/c1-14(16-5-3-2-4-6-16)24-32(58)44-19(9-15-7-17(37)27(53)18(38)8-15)31(57)49-26(29(55)21-11-43-36(40)47-21)34(60)50-25(28(54)20-10-42-35(39)46-20)33(59)45-22(13-51)30(56)41-12-23(52)48-24/h2-8,14,19-22,24-26,28-29,51,53-55H,9-13H2,1H3,(H,41,56)(H,44,58)(H,45,59)(H,48,52)(H,49,57)(H,50,60)(H3,39,42,46)(H3,40,43,47)/t14?,19-,20?,21?,22-,24-,25-,26-,28?,29?/m0/s1. The van der Waals surface area contributed by atoms with Crippen molar-refractivity contribution in [1.82, 2.24) is 42.5 Å². The largest absolute Gasteiger partial charge is 0.506 e. The Bertz CT molecular complexity index is 2000. The van der Waals surface area contributed by atoms with E-state index in [9.17, 15) is 49.2 Å². The smallest absolute Gasteiger partial charge is 0.246 e. The summed E-state index contributed by atoms with van der Waals surface area (Å²) in [5.74, 6) is -7.25. The summed E-state index contributed by atoms with van der Waals surface area (Å²) < 4.78 is 0.466. The quantitative estimate of drug-likeness (QED) is 0.112. The van der Waals surface area contributed by atoms with Crippen LogP contribution in [0, 0.1) is 0 Å². The maximum absolute atomic E-state index is 14.5. The Morgan fingerprint density at radius 1 is 0.700 bits per heavy atom. The summed E-state index contributed by atoms with van der Waals surface area (Å²) in [6.07, 6.45) is -3.94. The average Bonchev–Trinajstić information content (AvgIpc) is 3.87. The third-order valence-electron chi connectivity index (χ3n) is 10.1. The number of aromatic hydroxyl groups is 1. The van der Waals surface area contributed by atoms with Gasteiger partial charge in [0, 0.05) is 12.3 Å². The number of amides is 6. The topological polar surface area (TPSA) is 356 Å². The summed E-state index contributed by atoms with van der Waals surface area (Å²) in [6, 6.07) is 0.914. The Hall–Kier alpha value is -5.56. The minimum absolute atomic E-state index is 0.0777. The van der Waals surface area contributed by atoms with E-state index in [2.05, 4.69) is 84.4 Å². The van der Waals surface area contributed by atoms with Crippen LogP contribution in [0.4, 0.5) is 0 Å². The number of rotatable bonds is 9. The fraction of sp³-hybridized carbons (Fsp3) is 0.444. The second kappa shape index (κ2) is 20.1. The lowest BCUT2D eigenvalue weighted by Gasteiger charge is -2.33. The molecule has 3 aliphatic rings. The van der Waals surface area contributed by atoms with Gasteiger partial charge in [-0.1, -0.05) is 37.3 Å². The number of aliphatic imine (C=N–C) groups is 2. The van der Waals surface area contributed by atoms with E-state index in [0.717, 1.165) is 0 Å². The van der Waals surface area contributed by atoms with Crippen molar-refractivity contribution in [3.05, 3.63) is 62.5 Å². The molecule has 60 heavy (non-hydrogen) atoms. The summed E-state index contributed by atoms with van der Waals surface area (Å²) >= 11 is 6.52. The number of carbonyl (C=O) groups is 6. The molecule has 5 rings (SSSR count). The van der Waals surface area contributed by atoms with Crippen molar-refractivity contribution < 1.29 is 49.2 Å². The van der Waals surface area contributed by atoms with Gasteiger partial charge in [-0.2, -0.15) is 0 Å². The number of hydrogen-bond acceptors (Lipinski definition) is 16. The zero-order valence-electron chi connectivity index (χ0n) is 31.9. The van der Waals surface area contributed by atoms with Gasteiger partial charge in [0.1, 0.15) is 48.2 Å². The Morgan fingerprint density at radius 2 is 1.20 bits per heavy atom. The van der Waals surface area contributed by atoms with E-state index in [-0.39, 0.29) is 46.1 Å². The molecule has 6 amide bonds. The molecule has 22 nitrogen and oxygen atoms in total. The average molecular weight is 967 g/mol. The van der Waals surface area contributed by atoms with Crippen LogP contribution in [0.15, 0.2) is 61.4 Å². The van der Waals surface area contributed by atoms with Gasteiger partial charge >= 0.3 is 0 Å². The lowest BCUT2D eigenvalue weighted by Crippen LogP contribution is -2.67. The van der Waals surface area contributed by atoms with Crippen molar-refractivity contribution in [2.75, 3.05) is 26.2 Å². The maximum atomic E-state index is 14.5. The summed E-state index contributed by atoms with van der Waals surface area (Å²) in [6.45, 7) is -0.373. The molecule has 0 aromatic heterocycles. The third kappa shape index (κ3) is 11.2. The zero-order valence-corrected chi connectivity index (χ0v) is 35.1. The number of phenols is 1. The number of nitrogens with one attached hydrogen (secondary N) is 8. The number of phenolic OH excluding ortho intramolecular Hbond substituents is 1. The molecule has 2 aromatic rings. The molecule has 1 saturated heterocycles. The third-order valence-corrected chi connectivity index (χ3v) is 11.3. The van der Waals surface area contributed by atoms with Crippen LogP contribution in [0.1, 0.15) is 24.0 Å². The normalized spacial score (nSPS) is 27.4. The van der Waals surface area contributed by atoms with Gasteiger partial charge in [0.15, 0.2) is 11.9 Å². The molecular weight excluding hydrogens is 920 g/mol. The number of hydrogen-bond donors (Lipinski definition) is 14. The summed E-state index contributed by atoms with van der Waals surface area (Å²) in [7, 11) is 0. The van der Waals surface area contributed by atoms with Gasteiger partial charge in [0.05, 0.1) is 47.3 Å². The van der Waals surface area contributed by atoms with E-state index < -0.39 is 109 Å². The molecule has 10 atom stereocenters. The minimum atomic E-state index is -1.95. The van der Waals surface area contributed by atoms with Crippen molar-refractivity contribution in [1.29, 1.82) is 0 Å². The molecule has 2 aromatic carbocycles. The molecular formula is C36H46Br2N12O10. The van der Waals surface area contributed by atoms with Crippen LogP contribution in [0.2, 0.25) is 0 Å². The first-order valence-electron chi connectivity index (χ1n) is 18.6. The second-order valence-corrected chi connectivity index (χ2v) is 16.0. The van der Waals surface area contributed by atoms with Crippen LogP contribution < -0.4 is 54.0 Å². The first kappa shape index (κ1) is 45.5. The molecule has 24 heteroatoms. The number of benzene rings is 2. The Labute approximate surface area is 359 Å². The van der Waals surface area contributed by atoms with E-state index in [1.807, 2.05) is 0 Å². The Balaban J connectivity index is 1.58. The van der Waals surface area contributed by atoms with E-state index in [1.165, 1.54) is 12.1 Å². The second-order valence-electron chi connectivity index (χ2n) is 14.3. The molecule has 0 spiro atoms. The summed E-state index contributed by atoms with van der Waals surface area (Å²) in [4.78, 5) is 91.6. The highest BCUT2D eigenvalue weighted by atomic mass is 79.9. The lowest BCUT2D eigenvalue weighted by molar-refractivity contribution is -0.139. The predicted octanol–water partition coefficient (Wildman–Crippen LogP) is -4.90. The molecule has 5 unspecified atom stereocenters. The molecule has 0 aliphatic carbocycles. The fourth-order valence-electron chi connectivity index (χ4n) is 6.70. The predicted molar refractivity (Wildman–Crippen MR) is 221 cm³/mol. The van der Waals surface area contributed by atoms with Crippen LogP contribution in [0.25, 0.3) is 0 Å². The van der Waals surface area contributed by atoms with Gasteiger partial charge in [0.25, 0.3) is 0 Å². The van der Waals surface area contributed by atoms with Crippen LogP contribution in [-0.4, -0.2) is 149 Å². The van der Waals surface area contributed by atoms with E-state index in [4.69, 9.17) is 11.5 Å². The molecule has 3 heterocycles. The highest BCUT2D eigenvalue weighted by Crippen LogP contribution is 2.34. The molecule has 0 bridgehead atoms. The van der Waals surface area contributed by atoms with Gasteiger partial charge < -0.3 is 74.4 Å². The van der Waals surface area contributed by atoms with Crippen LogP contribution in [0.3, 0.4) is 0 Å². The Morgan fingerprint density at radius 3 is 1.72 bits per heavy atom. The highest BCUT2D eigenvalue weighted by Gasteiger charge is 2.43. The van der Waals surface area contributed by atoms with Crippen molar-refractivity contribution in [3.63, 3.8) is 0 Å². The van der Waals surface area contributed by atoms with Gasteiger partial charge in [-0.05, 0) is 55.1 Å². The van der Waals surface area contributed by atoms with E-state index in [1.54, 1.807) is 37.3 Å². The number of aliphatic hydroxyl groups excluding tert-OH is 3. The lowest BCUT2D eigenvalue weighted by atomic mass is 9.92. The van der Waals surface area contributed by atoms with E-state index in [0.29, 0.717) is 11.1 Å². The van der Waals surface area contributed by atoms with Crippen molar-refractivity contribution in [2.24, 2.45) is 21.5 Å². The van der Waals surface area contributed by atoms with Crippen LogP contribution >= 0.6 is 31.9 Å². The SMILES string of the molecule is CC(c1ccccc1)[C@@H]1NC(=O)CNC(=O)[C@H](CO)NC(=O)[C@H](C(O)C2CN=C(N)N2)NC(=O)[C@H](C(O)C2CN=C(N)N2)NC(=O)[C@H](Cc2cc(Br)c(O)c(Br)c2)NC1=O. The Kier molecular flexibility index (Phi) is 15.3. The number of halogens is 2. The molecule has 16 N–H and O–H groups in total. The number of guanidine groups is 2. The van der Waals surface area contributed by atoms with Gasteiger partial charge in [-0.25, -0.2) is 0 Å². The van der Waals surface area contributed by atoms with Crippen molar-refractivity contribution in [2.45, 2.75) is 73.8 Å². The summed E-state index contributed by atoms with van der Waals surface area (Å²) in [5, 5.41) is 63.5. The number of carbonyl (C=O) groups excluding carboxylic acids is 6. The number of nitrogens with two attached hydrogens (primary N) is 2. The van der Waals surface area contributed by atoms with Gasteiger partial charge in [0.2, 0.25) is 35.4 Å². The molecule has 1 fully saturated rings. The number of aliphatic hydroxyl groups is 3. The molecule has 0 radical (unpaired) electrons. The van der Waals surface area contributed by atoms with Crippen LogP contribution in [-0.2, 0) is 35.2 Å². The van der Waals surface area contributed by atoms with E-state index >= 15 is 0 Å². The van der Waals surface area contributed by atoms with Crippen molar-refractivity contribution >= 4 is 79.2 Å².